The monoisotopic (exact) mass is 264 g/mol. The van der Waals surface area contributed by atoms with Crippen LogP contribution in [0.5, 0.6) is 0 Å². The van der Waals surface area contributed by atoms with Gasteiger partial charge in [-0.15, -0.1) is 0 Å². The number of nitrogens with zero attached hydrogens (tertiary/aromatic N) is 1. The summed E-state index contributed by atoms with van der Waals surface area (Å²) in [6, 6.07) is 4.27. The number of aromatic nitrogens is 1. The van der Waals surface area contributed by atoms with Gasteiger partial charge >= 0.3 is 0 Å². The molecule has 1 aliphatic carbocycles. The molecule has 0 saturated heterocycles. The highest BCUT2D eigenvalue weighted by atomic mass is 16.3. The van der Waals surface area contributed by atoms with Crippen molar-refractivity contribution in [2.75, 3.05) is 6.61 Å². The maximum atomic E-state index is 12.4. The smallest absolute Gasteiger partial charge is 0.268 e. The average molecular weight is 264 g/mol. The standard InChI is InChI=1S/C15H24N2O2/c1-15(2,3)13(8-10-18)16-14(19)12-5-4-9-17(12)11-6-7-11/h4-5,9,11,13,18H,6-8,10H2,1-3H3,(H,16,19). The van der Waals surface area contributed by atoms with E-state index < -0.39 is 0 Å². The normalized spacial score (nSPS) is 17.3. The molecule has 1 unspecified atom stereocenters. The lowest BCUT2D eigenvalue weighted by Crippen LogP contribution is -2.44. The highest BCUT2D eigenvalue weighted by molar-refractivity contribution is 5.93. The van der Waals surface area contributed by atoms with Crippen LogP contribution in [0.2, 0.25) is 0 Å². The molecule has 1 aliphatic rings. The van der Waals surface area contributed by atoms with Crippen molar-refractivity contribution in [2.24, 2.45) is 5.41 Å². The van der Waals surface area contributed by atoms with E-state index in [-0.39, 0.29) is 24.0 Å². The van der Waals surface area contributed by atoms with E-state index in [0.717, 1.165) is 18.5 Å². The molecule has 4 heteroatoms. The van der Waals surface area contributed by atoms with Crippen LogP contribution in [-0.4, -0.2) is 28.2 Å². The lowest BCUT2D eigenvalue weighted by molar-refractivity contribution is 0.0875. The first-order valence-corrected chi connectivity index (χ1v) is 7.02. The summed E-state index contributed by atoms with van der Waals surface area (Å²) in [6.45, 7) is 6.32. The summed E-state index contributed by atoms with van der Waals surface area (Å²) < 4.78 is 2.06. The van der Waals surface area contributed by atoms with Crippen molar-refractivity contribution in [3.63, 3.8) is 0 Å². The number of hydrogen-bond donors (Lipinski definition) is 2. The summed E-state index contributed by atoms with van der Waals surface area (Å²) in [6.07, 6.45) is 4.88. The fraction of sp³-hybridized carbons (Fsp3) is 0.667. The average Bonchev–Trinajstić information content (AvgIpc) is 3.05. The second-order valence-corrected chi connectivity index (χ2v) is 6.44. The van der Waals surface area contributed by atoms with Crippen LogP contribution in [0, 0.1) is 5.41 Å². The molecule has 1 aromatic heterocycles. The Kier molecular flexibility index (Phi) is 3.99. The summed E-state index contributed by atoms with van der Waals surface area (Å²) >= 11 is 0. The van der Waals surface area contributed by atoms with Crippen LogP contribution in [0.25, 0.3) is 0 Å². The molecule has 19 heavy (non-hydrogen) atoms. The molecule has 0 bridgehead atoms. The molecule has 0 aliphatic heterocycles. The second kappa shape index (κ2) is 5.37. The maximum Gasteiger partial charge on any atom is 0.268 e. The summed E-state index contributed by atoms with van der Waals surface area (Å²) in [5.41, 5.74) is 0.671. The molecule has 1 aromatic rings. The molecule has 1 atom stereocenters. The molecule has 2 rings (SSSR count). The van der Waals surface area contributed by atoms with Gasteiger partial charge in [0.05, 0.1) is 0 Å². The van der Waals surface area contributed by atoms with E-state index in [1.165, 1.54) is 0 Å². The molecule has 0 aromatic carbocycles. The van der Waals surface area contributed by atoms with Crippen LogP contribution in [0.1, 0.15) is 56.6 Å². The summed E-state index contributed by atoms with van der Waals surface area (Å²) in [4.78, 5) is 12.4. The van der Waals surface area contributed by atoms with E-state index in [0.29, 0.717) is 12.5 Å². The van der Waals surface area contributed by atoms with Gasteiger partial charge < -0.3 is 15.0 Å². The lowest BCUT2D eigenvalue weighted by atomic mass is 9.85. The Labute approximate surface area is 114 Å². The van der Waals surface area contributed by atoms with Crippen LogP contribution in [-0.2, 0) is 0 Å². The van der Waals surface area contributed by atoms with Gasteiger partial charge in [-0.25, -0.2) is 0 Å². The van der Waals surface area contributed by atoms with Crippen LogP contribution in [0.3, 0.4) is 0 Å². The van der Waals surface area contributed by atoms with E-state index >= 15 is 0 Å². The number of aliphatic hydroxyl groups is 1. The Bertz CT molecular complexity index is 441. The van der Waals surface area contributed by atoms with Gasteiger partial charge in [0.2, 0.25) is 0 Å². The van der Waals surface area contributed by atoms with Crippen LogP contribution in [0.15, 0.2) is 18.3 Å². The first kappa shape index (κ1) is 14.1. The number of amides is 1. The van der Waals surface area contributed by atoms with Crippen molar-refractivity contribution in [2.45, 2.75) is 52.1 Å². The van der Waals surface area contributed by atoms with Gasteiger partial charge in [-0.05, 0) is 36.8 Å². The van der Waals surface area contributed by atoms with E-state index in [4.69, 9.17) is 5.11 Å². The Morgan fingerprint density at radius 3 is 2.74 bits per heavy atom. The maximum absolute atomic E-state index is 12.4. The highest BCUT2D eigenvalue weighted by Crippen LogP contribution is 2.36. The molecular formula is C15H24N2O2. The minimum atomic E-state index is -0.0601. The second-order valence-electron chi connectivity index (χ2n) is 6.44. The largest absolute Gasteiger partial charge is 0.396 e. The molecule has 1 fully saturated rings. The van der Waals surface area contributed by atoms with E-state index in [2.05, 4.69) is 30.7 Å². The van der Waals surface area contributed by atoms with Crippen molar-refractivity contribution >= 4 is 5.91 Å². The topological polar surface area (TPSA) is 54.3 Å². The highest BCUT2D eigenvalue weighted by Gasteiger charge is 2.30. The third kappa shape index (κ3) is 3.38. The first-order valence-electron chi connectivity index (χ1n) is 7.02. The number of aliphatic hydroxyl groups excluding tert-OH is 1. The van der Waals surface area contributed by atoms with Gasteiger partial charge in [-0.1, -0.05) is 20.8 Å². The molecule has 2 N–H and O–H groups in total. The molecule has 1 amide bonds. The van der Waals surface area contributed by atoms with Crippen LogP contribution >= 0.6 is 0 Å². The SMILES string of the molecule is CC(C)(C)C(CCO)NC(=O)c1cccn1C1CC1. The van der Waals surface area contributed by atoms with E-state index in [9.17, 15) is 4.79 Å². The quantitative estimate of drug-likeness (QED) is 0.857. The van der Waals surface area contributed by atoms with E-state index in [1.54, 1.807) is 0 Å². The number of carbonyl (C=O) groups is 1. The molecule has 4 nitrogen and oxygen atoms in total. The predicted molar refractivity (Wildman–Crippen MR) is 75.1 cm³/mol. The molecule has 1 heterocycles. The fourth-order valence-electron chi connectivity index (χ4n) is 2.34. The number of rotatable bonds is 5. The zero-order valence-electron chi connectivity index (χ0n) is 12.0. The fourth-order valence-corrected chi connectivity index (χ4v) is 2.34. The number of nitrogens with one attached hydrogen (secondary N) is 1. The van der Waals surface area contributed by atoms with Gasteiger partial charge in [0.1, 0.15) is 5.69 Å². The van der Waals surface area contributed by atoms with Crippen LogP contribution < -0.4 is 5.32 Å². The minimum Gasteiger partial charge on any atom is -0.396 e. The van der Waals surface area contributed by atoms with Gasteiger partial charge in [-0.3, -0.25) is 4.79 Å². The molecule has 106 valence electrons. The van der Waals surface area contributed by atoms with Gasteiger partial charge in [0.25, 0.3) is 5.91 Å². The summed E-state index contributed by atoms with van der Waals surface area (Å²) in [7, 11) is 0. The molecule has 0 radical (unpaired) electrons. The Balaban J connectivity index is 2.08. The van der Waals surface area contributed by atoms with Crippen molar-refractivity contribution in [1.29, 1.82) is 0 Å². The zero-order chi connectivity index (χ0) is 14.0. The summed E-state index contributed by atoms with van der Waals surface area (Å²) in [5, 5.41) is 12.2. The van der Waals surface area contributed by atoms with Crippen LogP contribution in [0.4, 0.5) is 0 Å². The lowest BCUT2D eigenvalue weighted by Gasteiger charge is -2.31. The number of carbonyl (C=O) groups excluding carboxylic acids is 1. The predicted octanol–water partition coefficient (Wildman–Crippen LogP) is 2.35. The Morgan fingerprint density at radius 1 is 1.53 bits per heavy atom. The van der Waals surface area contributed by atoms with Gasteiger partial charge in [-0.2, -0.15) is 0 Å². The van der Waals surface area contributed by atoms with Crippen molar-refractivity contribution in [3.8, 4) is 0 Å². The zero-order valence-corrected chi connectivity index (χ0v) is 12.0. The minimum absolute atomic E-state index is 0.0208. The Morgan fingerprint density at radius 2 is 2.21 bits per heavy atom. The van der Waals surface area contributed by atoms with Crippen molar-refractivity contribution in [1.82, 2.24) is 9.88 Å². The molecule has 0 spiro atoms. The van der Waals surface area contributed by atoms with Crippen molar-refractivity contribution in [3.05, 3.63) is 24.0 Å². The van der Waals surface area contributed by atoms with Gasteiger partial charge in [0, 0.05) is 24.9 Å². The third-order valence-electron chi connectivity index (χ3n) is 3.72. The molecular weight excluding hydrogens is 240 g/mol. The summed E-state index contributed by atoms with van der Waals surface area (Å²) in [5.74, 6) is -0.0368. The van der Waals surface area contributed by atoms with Crippen molar-refractivity contribution < 1.29 is 9.90 Å². The molecule has 1 saturated carbocycles. The van der Waals surface area contributed by atoms with Gasteiger partial charge in [0.15, 0.2) is 0 Å². The third-order valence-corrected chi connectivity index (χ3v) is 3.72. The first-order chi connectivity index (χ1) is 8.93. The van der Waals surface area contributed by atoms with E-state index in [1.807, 2.05) is 18.3 Å². The Hall–Kier alpha value is -1.29. The number of hydrogen-bond acceptors (Lipinski definition) is 2.